The number of amides is 3. The molecular weight excluding hydrogens is 1020 g/mol. The van der Waals surface area contributed by atoms with Crippen molar-refractivity contribution in [1.82, 2.24) is 25.5 Å². The molecule has 0 aliphatic carbocycles. The van der Waals surface area contributed by atoms with Crippen LogP contribution in [0.4, 0.5) is 4.79 Å². The topological polar surface area (TPSA) is 518 Å². The van der Waals surface area contributed by atoms with Crippen molar-refractivity contribution >= 4 is 53.3 Å². The highest BCUT2D eigenvalue weighted by molar-refractivity contribution is 7.66. The van der Waals surface area contributed by atoms with Crippen LogP contribution in [0.25, 0.3) is 10.4 Å². The van der Waals surface area contributed by atoms with Crippen LogP contribution in [-0.4, -0.2) is 164 Å². The minimum absolute atomic E-state index is 0.0155. The van der Waals surface area contributed by atoms with Crippen molar-refractivity contribution < 1.29 is 109 Å². The summed E-state index contributed by atoms with van der Waals surface area (Å²) in [6.07, 6.45) is -6.20. The molecule has 70 heavy (non-hydrogen) atoms. The molecule has 1 saturated heterocycles. The van der Waals surface area contributed by atoms with Crippen LogP contribution in [0.1, 0.15) is 57.2 Å². The quantitative estimate of drug-likeness (QED) is 0.00904. The highest BCUT2D eigenvalue weighted by Crippen LogP contribution is 2.66. The molecule has 9 unspecified atom stereocenters. The van der Waals surface area contributed by atoms with E-state index in [0.717, 1.165) is 10.8 Å². The van der Waals surface area contributed by atoms with Crippen LogP contribution in [0.5, 0.6) is 0 Å². The number of nitrogens with two attached hydrogens (primary N) is 1. The van der Waals surface area contributed by atoms with Crippen molar-refractivity contribution in [2.45, 2.75) is 88.2 Å². The summed E-state index contributed by atoms with van der Waals surface area (Å²) >= 11 is 0. The lowest BCUT2D eigenvalue weighted by Gasteiger charge is -2.23. The molecule has 1 aromatic rings. The van der Waals surface area contributed by atoms with E-state index in [1.807, 2.05) is 4.98 Å². The number of aliphatic carboxylic acids is 2. The number of H-pyrrole nitrogens is 1. The van der Waals surface area contributed by atoms with Crippen molar-refractivity contribution in [3.05, 3.63) is 43.0 Å². The number of aromatic nitrogens is 2. The monoisotopic (exact) mass is 1070 g/mol. The van der Waals surface area contributed by atoms with Gasteiger partial charge in [-0.3, -0.25) is 33.3 Å². The number of azide groups is 1. The summed E-state index contributed by atoms with van der Waals surface area (Å²) in [6.45, 7) is -0.713. The van der Waals surface area contributed by atoms with Gasteiger partial charge in [-0.2, -0.15) is 8.62 Å². The van der Waals surface area contributed by atoms with Crippen molar-refractivity contribution in [1.29, 1.82) is 0 Å². The number of rotatable bonds is 32. The predicted molar refractivity (Wildman–Crippen MR) is 228 cm³/mol. The van der Waals surface area contributed by atoms with Crippen LogP contribution in [0.15, 0.2) is 20.9 Å². The van der Waals surface area contributed by atoms with Gasteiger partial charge in [0.1, 0.15) is 49.2 Å². The van der Waals surface area contributed by atoms with Gasteiger partial charge in [-0.1, -0.05) is 23.9 Å². The summed E-state index contributed by atoms with van der Waals surface area (Å²) in [4.78, 5) is 127. The van der Waals surface area contributed by atoms with Gasteiger partial charge in [0.05, 0.1) is 45.6 Å². The van der Waals surface area contributed by atoms with Gasteiger partial charge in [-0.05, 0) is 37.8 Å². The van der Waals surface area contributed by atoms with E-state index in [2.05, 4.69) is 51.0 Å². The summed E-state index contributed by atoms with van der Waals surface area (Å²) < 4.78 is 73.4. The second kappa shape index (κ2) is 29.9. The van der Waals surface area contributed by atoms with E-state index in [4.69, 9.17) is 44.7 Å². The number of phosphoric ester groups is 1. The Morgan fingerprint density at radius 1 is 0.971 bits per heavy atom. The number of alkyl carbamates (subject to hydrolysis) is 1. The molecule has 3 amide bonds. The highest BCUT2D eigenvalue weighted by Gasteiger charge is 2.43. The maximum Gasteiger partial charge on any atom is 0.490 e. The first-order valence-electron chi connectivity index (χ1n) is 20.3. The van der Waals surface area contributed by atoms with Crippen molar-refractivity contribution in [2.24, 2.45) is 10.8 Å². The number of carbonyl (C=O) groups is 5. The van der Waals surface area contributed by atoms with E-state index in [0.29, 0.717) is 12.8 Å². The van der Waals surface area contributed by atoms with Crippen LogP contribution in [0.3, 0.4) is 0 Å². The van der Waals surface area contributed by atoms with E-state index in [-0.39, 0.29) is 64.4 Å². The molecule has 1 fully saturated rings. The third-order valence-electron chi connectivity index (χ3n) is 8.73. The second-order valence-electron chi connectivity index (χ2n) is 14.1. The van der Waals surface area contributed by atoms with Gasteiger partial charge in [-0.15, -0.1) is 0 Å². The molecule has 0 aromatic carbocycles. The van der Waals surface area contributed by atoms with Gasteiger partial charge in [0.15, 0.2) is 6.23 Å². The number of unbranched alkanes of at least 4 members (excludes halogenated alkanes) is 1. The molecule has 0 spiro atoms. The fourth-order valence-corrected chi connectivity index (χ4v) is 8.58. The highest BCUT2D eigenvalue weighted by atomic mass is 31.3. The van der Waals surface area contributed by atoms with E-state index >= 15 is 0 Å². The fourth-order valence-electron chi connectivity index (χ4n) is 5.55. The molecule has 394 valence electrons. The normalized spacial score (nSPS) is 19.0. The smallest absolute Gasteiger partial charge is 0.481 e. The van der Waals surface area contributed by atoms with Crippen LogP contribution >= 0.6 is 23.5 Å². The maximum absolute atomic E-state index is 13.1. The lowest BCUT2D eigenvalue weighted by atomic mass is 10.1. The fraction of sp³-hybridized carbons (Fsp3) is 0.667. The largest absolute Gasteiger partial charge is 0.490 e. The lowest BCUT2D eigenvalue weighted by Crippen LogP contribution is -2.56. The number of ether oxygens (including phenoxy) is 5. The third-order valence-corrected chi connectivity index (χ3v) is 12.5. The number of hydrogen-bond acceptors (Lipinski definition) is 21. The van der Waals surface area contributed by atoms with Crippen molar-refractivity contribution in [2.75, 3.05) is 52.8 Å². The summed E-state index contributed by atoms with van der Waals surface area (Å²) in [5.41, 5.74) is 12.1. The number of hydrogen-bond donors (Lipinski definition) is 12. The Morgan fingerprint density at radius 3 is 2.26 bits per heavy atom. The zero-order chi connectivity index (χ0) is 52.7. The Kier molecular flexibility index (Phi) is 26.1. The Hall–Kier alpha value is -5.13. The van der Waals surface area contributed by atoms with E-state index in [1.54, 1.807) is 0 Å². The Balaban J connectivity index is 1.85. The number of nitrogens with one attached hydrogen (secondary N) is 4. The van der Waals surface area contributed by atoms with E-state index < -0.39 is 127 Å². The molecule has 1 aliphatic heterocycles. The number of aromatic amines is 1. The molecule has 37 heteroatoms. The number of carboxylic acid groups (broad SMARTS) is 2. The van der Waals surface area contributed by atoms with Crippen molar-refractivity contribution in [3.8, 4) is 11.8 Å². The number of carboxylic acids is 2. The number of aliphatic hydroxyl groups is 1. The van der Waals surface area contributed by atoms with E-state index in [9.17, 15) is 72.4 Å². The van der Waals surface area contributed by atoms with Gasteiger partial charge in [0, 0.05) is 17.5 Å². The molecule has 1 aliphatic rings. The molecule has 34 nitrogen and oxygen atoms in total. The van der Waals surface area contributed by atoms with E-state index in [1.165, 1.54) is 6.92 Å². The lowest BCUT2D eigenvalue weighted by molar-refractivity contribution is -0.143. The van der Waals surface area contributed by atoms with Gasteiger partial charge >= 0.3 is 47.2 Å². The van der Waals surface area contributed by atoms with Crippen LogP contribution in [-0.2, 0) is 69.7 Å². The van der Waals surface area contributed by atoms with Gasteiger partial charge in [-0.25, -0.2) is 28.1 Å². The average molecular weight is 1070 g/mol. The number of carbonyl (C=O) groups excluding carboxylic acids is 3. The molecule has 2 heterocycles. The second-order valence-corrected chi connectivity index (χ2v) is 18.5. The summed E-state index contributed by atoms with van der Waals surface area (Å²) in [5.74, 6) is 0.0474. The number of nitrogens with zero attached hydrogens (tertiary/aromatic N) is 4. The molecule has 0 bridgehead atoms. The SMILES string of the molecule is CCC(NC(=O)C(CC(=O)O)NC(=O)C(CCCCN)NC(=O)OCCOCCOCC(N=[N+]=[N-])OCC#Cc1cn(C2CC(O)C(COP(=O)(O)OP(=O)(O)OP(=O)(O)O)O2)c(=O)[nH]c1=O)C(=O)O. The zero-order valence-corrected chi connectivity index (χ0v) is 39.4. The first-order chi connectivity index (χ1) is 32.8. The molecule has 1 aromatic heterocycles. The number of aliphatic hydroxyl groups excluding tert-OH is 1. The summed E-state index contributed by atoms with van der Waals surface area (Å²) in [5, 5.41) is 39.0. The Bertz CT molecular complexity index is 2330. The predicted octanol–water partition coefficient (Wildman–Crippen LogP) is -2.27. The van der Waals surface area contributed by atoms with Gasteiger partial charge in [0.25, 0.3) is 5.56 Å². The minimum Gasteiger partial charge on any atom is -0.481 e. The molecular formula is C33H52N9O25P3. The first-order valence-corrected chi connectivity index (χ1v) is 24.8. The first kappa shape index (κ1) is 61.0. The zero-order valence-electron chi connectivity index (χ0n) is 36.7. The van der Waals surface area contributed by atoms with Gasteiger partial charge in [0.2, 0.25) is 11.8 Å². The summed E-state index contributed by atoms with van der Waals surface area (Å²) in [7, 11) is -17.0. The Labute approximate surface area is 394 Å². The Morgan fingerprint density at radius 2 is 1.63 bits per heavy atom. The maximum atomic E-state index is 13.1. The number of phosphoric acid groups is 3. The third kappa shape index (κ3) is 23.7. The molecule has 2 rings (SSSR count). The standard InChI is InChI=1S/C33H52N9O25P3/c1-2-20(31(49)50)36-30(48)22(14-27(44)45)37-29(47)21(7-3-4-8-34)38-33(52)63-13-12-60-10-11-61-18-25(40-41-35)62-9-5-6-19-16-42(32(51)39-28(19)46)26-15-23(43)24(65-26)17-64-69(56,57)67-70(58,59)66-68(53,54)55/h16,20-26,43H,2-4,7-15,17-18,34H2,1H3,(H,36,48)(H,37,47)(H,38,52)(H,44,45)(H,49,50)(H,56,57)(H,58,59)(H,39,46,51)(H2,53,54,55). The molecule has 9 atom stereocenters. The van der Waals surface area contributed by atoms with Crippen LogP contribution in [0.2, 0.25) is 0 Å². The summed E-state index contributed by atoms with van der Waals surface area (Å²) in [6, 6.07) is -4.33. The van der Waals surface area contributed by atoms with Crippen LogP contribution in [0, 0.1) is 11.8 Å². The minimum atomic E-state index is -5.82. The average Bonchev–Trinajstić information content (AvgIpc) is 3.62. The van der Waals surface area contributed by atoms with Gasteiger partial charge < -0.3 is 80.3 Å². The molecule has 0 saturated carbocycles. The van der Waals surface area contributed by atoms with Crippen LogP contribution < -0.4 is 32.9 Å². The molecule has 13 N–H and O–H groups in total. The molecule has 0 radical (unpaired) electrons. The van der Waals surface area contributed by atoms with Crippen molar-refractivity contribution in [3.63, 3.8) is 0 Å².